The molecule has 3 atom stereocenters. The van der Waals surface area contributed by atoms with Crippen LogP contribution in [0.25, 0.3) is 0 Å². The third kappa shape index (κ3) is 3.88. The Kier molecular flexibility index (Phi) is 6.68. The molecule has 2 aliphatic heterocycles. The van der Waals surface area contributed by atoms with Gasteiger partial charge >= 0.3 is 0 Å². The van der Waals surface area contributed by atoms with Crippen LogP contribution in [-0.4, -0.2) is 52.4 Å². The van der Waals surface area contributed by atoms with Crippen molar-refractivity contribution in [3.05, 3.63) is 63.8 Å². The van der Waals surface area contributed by atoms with Gasteiger partial charge in [0.1, 0.15) is 5.69 Å². The molecule has 0 saturated carbocycles. The van der Waals surface area contributed by atoms with Crippen LogP contribution < -0.4 is 5.56 Å². The van der Waals surface area contributed by atoms with Gasteiger partial charge in [0.05, 0.1) is 6.20 Å². The number of fused-ring (bicyclic) bond motifs is 1. The highest BCUT2D eigenvalue weighted by Gasteiger charge is 2.47. The van der Waals surface area contributed by atoms with Crippen molar-refractivity contribution in [1.29, 1.82) is 0 Å². The quantitative estimate of drug-likeness (QED) is 0.824. The van der Waals surface area contributed by atoms with E-state index in [0.717, 1.165) is 25.8 Å². The first-order valence-corrected chi connectivity index (χ1v) is 8.64. The maximum absolute atomic E-state index is 12.7. The summed E-state index contributed by atoms with van der Waals surface area (Å²) < 4.78 is 0. The highest BCUT2D eigenvalue weighted by atomic mass is 35.5. The molecule has 0 bridgehead atoms. The lowest BCUT2D eigenvalue weighted by molar-refractivity contribution is 0.0761. The highest BCUT2D eigenvalue weighted by molar-refractivity contribution is 5.92. The molecule has 2 aromatic rings. The van der Waals surface area contributed by atoms with E-state index < -0.39 is 0 Å². The monoisotopic (exact) mass is 410 g/mol. The maximum atomic E-state index is 12.7. The first-order chi connectivity index (χ1) is 12.0. The van der Waals surface area contributed by atoms with E-state index in [0.29, 0.717) is 23.6 Å². The van der Waals surface area contributed by atoms with Crippen molar-refractivity contribution >= 4 is 30.7 Å². The molecule has 146 valence electrons. The molecule has 1 amide bonds. The van der Waals surface area contributed by atoms with E-state index in [1.54, 1.807) is 0 Å². The number of aromatic nitrogens is 2. The molecule has 2 aliphatic rings. The average molecular weight is 411 g/mol. The van der Waals surface area contributed by atoms with E-state index in [2.05, 4.69) is 53.1 Å². The Balaban J connectivity index is 0.00000131. The minimum absolute atomic E-state index is 0. The van der Waals surface area contributed by atoms with Crippen molar-refractivity contribution < 1.29 is 4.79 Å². The fourth-order valence-corrected chi connectivity index (χ4v) is 4.43. The molecule has 8 heteroatoms. The Labute approximate surface area is 170 Å². The largest absolute Gasteiger partial charge is 0.337 e. The molecule has 0 unspecified atom stereocenters. The fourth-order valence-electron chi connectivity index (χ4n) is 4.43. The summed E-state index contributed by atoms with van der Waals surface area (Å²) in [7, 11) is 2.17. The standard InChI is InChI=1S/C19H22N4O2.2ClH/c1-12-5-3-4-6-14(12)18-15-11-23(10-13(15)9-22(18)2)19(25)16-7-21-17(24)8-20-16;;/h3-8,13,15,18H,9-11H2,1-2H3,(H,21,24);2*1H/t13-,15+,18+;;/m0../s1. The third-order valence-corrected chi connectivity index (χ3v) is 5.58. The Bertz CT molecular complexity index is 852. The molecular formula is C19H24Cl2N4O2. The molecule has 0 radical (unpaired) electrons. The Hall–Kier alpha value is -1.89. The molecule has 2 saturated heterocycles. The lowest BCUT2D eigenvalue weighted by Gasteiger charge is -2.28. The maximum Gasteiger partial charge on any atom is 0.273 e. The zero-order chi connectivity index (χ0) is 17.6. The van der Waals surface area contributed by atoms with E-state index in [1.807, 2.05) is 4.90 Å². The van der Waals surface area contributed by atoms with Crippen LogP contribution in [0.15, 0.2) is 41.5 Å². The van der Waals surface area contributed by atoms with Gasteiger partial charge in [-0.05, 0) is 31.0 Å². The van der Waals surface area contributed by atoms with Crippen LogP contribution in [0.5, 0.6) is 0 Å². The van der Waals surface area contributed by atoms with Crippen LogP contribution in [-0.2, 0) is 0 Å². The first kappa shape index (κ1) is 21.4. The van der Waals surface area contributed by atoms with Gasteiger partial charge in [-0.25, -0.2) is 4.98 Å². The van der Waals surface area contributed by atoms with Gasteiger partial charge in [0.25, 0.3) is 11.5 Å². The van der Waals surface area contributed by atoms with Crippen LogP contribution in [0, 0.1) is 18.8 Å². The van der Waals surface area contributed by atoms with Crippen LogP contribution in [0.4, 0.5) is 0 Å². The zero-order valence-corrected chi connectivity index (χ0v) is 16.9. The van der Waals surface area contributed by atoms with E-state index in [4.69, 9.17) is 0 Å². The van der Waals surface area contributed by atoms with Crippen molar-refractivity contribution in [1.82, 2.24) is 19.8 Å². The number of halogens is 2. The second kappa shape index (κ2) is 8.42. The summed E-state index contributed by atoms with van der Waals surface area (Å²) in [4.78, 5) is 34.7. The average Bonchev–Trinajstić information content (AvgIpc) is 3.12. The van der Waals surface area contributed by atoms with E-state index in [1.165, 1.54) is 17.3 Å². The van der Waals surface area contributed by atoms with Gasteiger partial charge in [-0.1, -0.05) is 24.3 Å². The summed E-state index contributed by atoms with van der Waals surface area (Å²) in [6.45, 7) is 4.62. The van der Waals surface area contributed by atoms with Crippen molar-refractivity contribution in [2.75, 3.05) is 26.7 Å². The van der Waals surface area contributed by atoms with E-state index in [9.17, 15) is 9.59 Å². The van der Waals surface area contributed by atoms with Gasteiger partial charge in [-0.15, -0.1) is 24.8 Å². The number of carbonyl (C=O) groups is 1. The number of nitrogens with one attached hydrogen (secondary N) is 1. The number of carbonyl (C=O) groups excluding carboxylic acids is 1. The molecule has 27 heavy (non-hydrogen) atoms. The summed E-state index contributed by atoms with van der Waals surface area (Å²) in [5.41, 5.74) is 2.66. The predicted molar refractivity (Wildman–Crippen MR) is 109 cm³/mol. The van der Waals surface area contributed by atoms with Crippen LogP contribution in [0.1, 0.15) is 27.7 Å². The van der Waals surface area contributed by atoms with Gasteiger partial charge in [0, 0.05) is 37.8 Å². The number of hydrogen-bond donors (Lipinski definition) is 1. The summed E-state index contributed by atoms with van der Waals surface area (Å²) >= 11 is 0. The second-order valence-electron chi connectivity index (χ2n) is 7.17. The lowest BCUT2D eigenvalue weighted by atomic mass is 9.88. The molecule has 3 heterocycles. The molecule has 1 N–H and O–H groups in total. The number of H-pyrrole nitrogens is 1. The van der Waals surface area contributed by atoms with E-state index in [-0.39, 0.29) is 36.3 Å². The second-order valence-corrected chi connectivity index (χ2v) is 7.17. The lowest BCUT2D eigenvalue weighted by Crippen LogP contribution is -2.34. The normalized spacial score (nSPS) is 24.1. The number of hydrogen-bond acceptors (Lipinski definition) is 4. The van der Waals surface area contributed by atoms with Crippen LogP contribution in [0.2, 0.25) is 0 Å². The molecule has 4 rings (SSSR count). The molecule has 1 aromatic heterocycles. The molecule has 1 aromatic carbocycles. The summed E-state index contributed by atoms with van der Waals surface area (Å²) in [5, 5.41) is 0. The molecule has 2 fully saturated rings. The number of nitrogens with zero attached hydrogens (tertiary/aromatic N) is 3. The number of amides is 1. The summed E-state index contributed by atoms with van der Waals surface area (Å²) in [6, 6.07) is 8.85. The summed E-state index contributed by atoms with van der Waals surface area (Å²) in [6.07, 6.45) is 2.57. The molecule has 0 spiro atoms. The minimum atomic E-state index is -0.295. The van der Waals surface area contributed by atoms with Gasteiger partial charge in [-0.3, -0.25) is 14.5 Å². The Morgan fingerprint density at radius 2 is 1.93 bits per heavy atom. The molecule has 6 nitrogen and oxygen atoms in total. The summed E-state index contributed by atoms with van der Waals surface area (Å²) in [5.74, 6) is 0.802. The van der Waals surface area contributed by atoms with Gasteiger partial charge in [-0.2, -0.15) is 0 Å². The van der Waals surface area contributed by atoms with E-state index >= 15 is 0 Å². The SMILES string of the molecule is Cc1ccccc1[C@@H]1[C@@H]2CN(C(=O)c3c[nH]c(=O)cn3)C[C@@H]2CN1C.Cl.Cl. The number of likely N-dealkylation sites (tertiary alicyclic amines) is 2. The third-order valence-electron chi connectivity index (χ3n) is 5.58. The van der Waals surface area contributed by atoms with Crippen molar-refractivity contribution in [3.63, 3.8) is 0 Å². The highest BCUT2D eigenvalue weighted by Crippen LogP contribution is 2.44. The van der Waals surface area contributed by atoms with Crippen molar-refractivity contribution in [2.45, 2.75) is 13.0 Å². The Morgan fingerprint density at radius 1 is 1.19 bits per heavy atom. The number of rotatable bonds is 2. The number of aromatic amines is 1. The fraction of sp³-hybridized carbons (Fsp3) is 0.421. The van der Waals surface area contributed by atoms with Crippen molar-refractivity contribution in [2.24, 2.45) is 11.8 Å². The van der Waals surface area contributed by atoms with Crippen molar-refractivity contribution in [3.8, 4) is 0 Å². The van der Waals surface area contributed by atoms with Gasteiger partial charge < -0.3 is 9.88 Å². The zero-order valence-electron chi connectivity index (χ0n) is 15.3. The molecule has 0 aliphatic carbocycles. The van der Waals surface area contributed by atoms with Gasteiger partial charge in [0.2, 0.25) is 0 Å². The number of aryl methyl sites for hydroxylation is 1. The number of benzene rings is 1. The molecular weight excluding hydrogens is 387 g/mol. The first-order valence-electron chi connectivity index (χ1n) is 8.64. The minimum Gasteiger partial charge on any atom is -0.337 e. The van der Waals surface area contributed by atoms with Crippen LogP contribution >= 0.6 is 24.8 Å². The Morgan fingerprint density at radius 3 is 2.59 bits per heavy atom. The smallest absolute Gasteiger partial charge is 0.273 e. The topological polar surface area (TPSA) is 69.3 Å². The van der Waals surface area contributed by atoms with Crippen LogP contribution in [0.3, 0.4) is 0 Å². The van der Waals surface area contributed by atoms with Gasteiger partial charge in [0.15, 0.2) is 0 Å². The predicted octanol–water partition coefficient (Wildman–Crippen LogP) is 2.30.